The minimum Gasteiger partial charge on any atom is -0.309 e. The molecule has 4 heterocycles. The second kappa shape index (κ2) is 24.6. The van der Waals surface area contributed by atoms with E-state index >= 15 is 0 Å². The average molecular weight is 1280 g/mol. The van der Waals surface area contributed by atoms with Crippen molar-refractivity contribution in [3.05, 3.63) is 350 Å². The van der Waals surface area contributed by atoms with Gasteiger partial charge in [-0.05, 0) is 157 Å². The number of aryl methyl sites for hydroxylation is 4. The topological polar surface area (TPSA) is 61.4 Å². The molecule has 18 aromatic rings. The monoisotopic (exact) mass is 1280 g/mol. The van der Waals surface area contributed by atoms with Crippen LogP contribution < -0.4 is 0 Å². The predicted octanol–water partition coefficient (Wildman–Crippen LogP) is 24.5. The first kappa shape index (κ1) is 59.6. The summed E-state index contributed by atoms with van der Waals surface area (Å²) >= 11 is 0. The highest BCUT2D eigenvalue weighted by molar-refractivity contribution is 6.18. The normalized spacial score (nSPS) is 11.6. The van der Waals surface area contributed by atoms with Crippen molar-refractivity contribution in [1.82, 2.24) is 29.1 Å². The summed E-state index contributed by atoms with van der Waals surface area (Å²) in [4.78, 5) is 21.7. The van der Waals surface area contributed by atoms with Crippen LogP contribution in [0.1, 0.15) is 22.3 Å². The number of aromatic nitrogens is 6. The van der Waals surface area contributed by atoms with Crippen LogP contribution in [0.15, 0.2) is 328 Å². The van der Waals surface area contributed by atoms with E-state index in [0.29, 0.717) is 11.6 Å². The molecule has 0 amide bonds. The Bertz CT molecular complexity index is 6010. The number of hydrogen-bond acceptors (Lipinski definition) is 4. The molecule has 0 aliphatic carbocycles. The van der Waals surface area contributed by atoms with E-state index in [4.69, 9.17) is 19.9 Å². The highest BCUT2D eigenvalue weighted by Crippen LogP contribution is 2.50. The second-order valence-electron chi connectivity index (χ2n) is 26.4. The fraction of sp³-hybridized carbons (Fsp3) is 0.0426. The quantitative estimate of drug-likeness (QED) is 0.122. The Morgan fingerprint density at radius 2 is 0.530 bits per heavy atom. The zero-order chi connectivity index (χ0) is 67.0. The Morgan fingerprint density at radius 1 is 0.200 bits per heavy atom. The van der Waals surface area contributed by atoms with Gasteiger partial charge in [-0.15, -0.1) is 0 Å². The van der Waals surface area contributed by atoms with E-state index in [-0.39, 0.29) is 0 Å². The standard InChI is InChI=1S/C94H66N6/c1-59-41-47-88-76(51-59)77-52-60(2)42-48-89(77)99(88)86-39-23-21-37-73(86)70-45-46-75(69-34-18-20-36-72(69)85-58-83(64-27-11-6-12-28-64)96-94(98-85)66-31-15-8-16-32-66)92-80(70)55-67(56-81(92)74-38-22-24-40-87(74)100-90-49-43-61(3)53-78(90)79-54-62(4)44-50-91(79)100)68-33-17-19-35-71(68)84-57-82(63-25-9-5-10-26-63)95-93(97-84)65-29-13-7-14-30-65/h5-58H,1-4H3. The van der Waals surface area contributed by atoms with Crippen LogP contribution in [0.3, 0.4) is 0 Å². The SMILES string of the molecule is Cc1ccc2c(c1)c1cc(C)ccc1n2-c1ccccc1-c1ccc(-c2ccccc2-c2cc(-c3ccccc3)nc(-c3ccccc3)n2)c2c(-c3ccccc3-n3c4ccc(C)cc4c4cc(C)ccc43)cc(-c3ccccc3-c3cc(-c4ccccc4)nc(-c4ccccc4)n3)cc12. The molecule has 0 bridgehead atoms. The summed E-state index contributed by atoms with van der Waals surface area (Å²) in [5, 5.41) is 7.06. The molecule has 0 unspecified atom stereocenters. The lowest BCUT2D eigenvalue weighted by Gasteiger charge is -2.23. The summed E-state index contributed by atoms with van der Waals surface area (Å²) in [7, 11) is 0. The van der Waals surface area contributed by atoms with Gasteiger partial charge in [-0.2, -0.15) is 0 Å². The lowest BCUT2D eigenvalue weighted by atomic mass is 9.82. The van der Waals surface area contributed by atoms with E-state index in [1.807, 2.05) is 12.1 Å². The van der Waals surface area contributed by atoms with Crippen LogP contribution in [0.25, 0.3) is 178 Å². The van der Waals surface area contributed by atoms with Gasteiger partial charge in [0.25, 0.3) is 0 Å². The van der Waals surface area contributed by atoms with Gasteiger partial charge in [0, 0.05) is 66.1 Å². The fourth-order valence-corrected chi connectivity index (χ4v) is 15.1. The Morgan fingerprint density at radius 3 is 0.960 bits per heavy atom. The van der Waals surface area contributed by atoms with Crippen LogP contribution in [-0.2, 0) is 0 Å². The molecule has 18 rings (SSSR count). The van der Waals surface area contributed by atoms with E-state index in [0.717, 1.165) is 145 Å². The van der Waals surface area contributed by atoms with Gasteiger partial charge in [0.15, 0.2) is 11.6 Å². The Hall–Kier alpha value is -12.9. The van der Waals surface area contributed by atoms with E-state index in [9.17, 15) is 0 Å². The van der Waals surface area contributed by atoms with Crippen molar-refractivity contribution in [2.24, 2.45) is 0 Å². The molecule has 0 N–H and O–H groups in total. The summed E-state index contributed by atoms with van der Waals surface area (Å²) in [6.45, 7) is 8.77. The number of nitrogens with zero attached hydrogens (tertiary/aromatic N) is 6. The molecule has 6 heteroatoms. The summed E-state index contributed by atoms with van der Waals surface area (Å²) < 4.78 is 4.99. The lowest BCUT2D eigenvalue weighted by molar-refractivity contribution is 1.18. The number of hydrogen-bond donors (Lipinski definition) is 0. The number of rotatable bonds is 12. The molecular formula is C94H66N6. The number of para-hydroxylation sites is 2. The van der Waals surface area contributed by atoms with Crippen molar-refractivity contribution in [2.45, 2.75) is 27.7 Å². The summed E-state index contributed by atoms with van der Waals surface area (Å²) in [5.41, 5.74) is 29.3. The molecule has 6 nitrogen and oxygen atoms in total. The second-order valence-corrected chi connectivity index (χ2v) is 26.4. The molecule has 0 fully saturated rings. The van der Waals surface area contributed by atoms with Crippen molar-refractivity contribution in [1.29, 1.82) is 0 Å². The predicted molar refractivity (Wildman–Crippen MR) is 417 cm³/mol. The van der Waals surface area contributed by atoms with Crippen molar-refractivity contribution >= 4 is 54.4 Å². The molecule has 0 atom stereocenters. The van der Waals surface area contributed by atoms with E-state index < -0.39 is 0 Å². The molecular weight excluding hydrogens is 1210 g/mol. The first-order chi connectivity index (χ1) is 49.2. The minimum atomic E-state index is 0.656. The number of benzene rings is 14. The van der Waals surface area contributed by atoms with Gasteiger partial charge in [0.2, 0.25) is 0 Å². The van der Waals surface area contributed by atoms with Crippen molar-refractivity contribution in [3.63, 3.8) is 0 Å². The van der Waals surface area contributed by atoms with Gasteiger partial charge in [-0.3, -0.25) is 0 Å². The molecule has 472 valence electrons. The van der Waals surface area contributed by atoms with Crippen molar-refractivity contribution in [3.8, 4) is 124 Å². The molecule has 0 aliphatic heterocycles. The van der Waals surface area contributed by atoms with Crippen LogP contribution in [0.5, 0.6) is 0 Å². The fourth-order valence-electron chi connectivity index (χ4n) is 15.1. The maximum atomic E-state index is 5.55. The van der Waals surface area contributed by atoms with E-state index in [1.165, 1.54) is 43.8 Å². The van der Waals surface area contributed by atoms with Gasteiger partial charge in [-0.1, -0.05) is 265 Å². The summed E-state index contributed by atoms with van der Waals surface area (Å²) in [6, 6.07) is 119. The van der Waals surface area contributed by atoms with Crippen LogP contribution in [0, 0.1) is 27.7 Å². The van der Waals surface area contributed by atoms with Crippen LogP contribution in [0.2, 0.25) is 0 Å². The molecule has 4 aromatic heterocycles. The minimum absolute atomic E-state index is 0.656. The smallest absolute Gasteiger partial charge is 0.160 e. The molecule has 14 aromatic carbocycles. The van der Waals surface area contributed by atoms with E-state index in [1.54, 1.807) is 0 Å². The summed E-state index contributed by atoms with van der Waals surface area (Å²) in [5.74, 6) is 1.31. The third-order valence-electron chi connectivity index (χ3n) is 19.8. The molecule has 0 aliphatic rings. The van der Waals surface area contributed by atoms with Crippen molar-refractivity contribution < 1.29 is 0 Å². The molecule has 0 saturated carbocycles. The van der Waals surface area contributed by atoms with Gasteiger partial charge < -0.3 is 9.13 Å². The van der Waals surface area contributed by atoms with E-state index in [2.05, 4.69) is 352 Å². The van der Waals surface area contributed by atoms with Crippen LogP contribution in [0.4, 0.5) is 0 Å². The van der Waals surface area contributed by atoms with Crippen LogP contribution in [-0.4, -0.2) is 29.1 Å². The van der Waals surface area contributed by atoms with Gasteiger partial charge in [-0.25, -0.2) is 19.9 Å². The summed E-state index contributed by atoms with van der Waals surface area (Å²) in [6.07, 6.45) is 0. The molecule has 0 radical (unpaired) electrons. The molecule has 0 saturated heterocycles. The third-order valence-corrected chi connectivity index (χ3v) is 19.8. The first-order valence-electron chi connectivity index (χ1n) is 34.3. The highest BCUT2D eigenvalue weighted by atomic mass is 15.0. The maximum Gasteiger partial charge on any atom is 0.160 e. The van der Waals surface area contributed by atoms with Crippen molar-refractivity contribution in [2.75, 3.05) is 0 Å². The Balaban J connectivity index is 0.985. The van der Waals surface area contributed by atoms with Gasteiger partial charge >= 0.3 is 0 Å². The van der Waals surface area contributed by atoms with Gasteiger partial charge in [0.05, 0.1) is 56.2 Å². The number of fused-ring (bicyclic) bond motifs is 7. The molecule has 0 spiro atoms. The zero-order valence-corrected chi connectivity index (χ0v) is 55.9. The highest BCUT2D eigenvalue weighted by Gasteiger charge is 2.27. The molecule has 100 heavy (non-hydrogen) atoms. The third kappa shape index (κ3) is 10.4. The average Bonchev–Trinajstić information content (AvgIpc) is 1.40. The Kier molecular flexibility index (Phi) is 14.7. The van der Waals surface area contributed by atoms with Crippen LogP contribution >= 0.6 is 0 Å². The first-order valence-corrected chi connectivity index (χ1v) is 34.3. The lowest BCUT2D eigenvalue weighted by Crippen LogP contribution is -2.01. The Labute approximate surface area is 581 Å². The maximum absolute atomic E-state index is 5.55. The largest absolute Gasteiger partial charge is 0.309 e. The zero-order valence-electron chi connectivity index (χ0n) is 55.9. The van der Waals surface area contributed by atoms with Gasteiger partial charge in [0.1, 0.15) is 0 Å².